The lowest BCUT2D eigenvalue weighted by atomic mass is 9.79. The van der Waals surface area contributed by atoms with Crippen molar-refractivity contribution in [2.24, 2.45) is 0 Å². The molecule has 0 amide bonds. The fraction of sp³-hybridized carbons (Fsp3) is 0.500. The molecule has 2 unspecified atom stereocenters. The van der Waals surface area contributed by atoms with Crippen molar-refractivity contribution in [2.75, 3.05) is 13.2 Å². The number of hydrogen-bond acceptors (Lipinski definition) is 1. The van der Waals surface area contributed by atoms with Crippen molar-refractivity contribution >= 4 is 0 Å². The van der Waals surface area contributed by atoms with Crippen molar-refractivity contribution < 1.29 is 4.74 Å². The molecule has 2 aromatic carbocycles. The van der Waals surface area contributed by atoms with Crippen LogP contribution in [0.3, 0.4) is 0 Å². The Kier molecular flexibility index (Phi) is 6.46. The zero-order valence-corrected chi connectivity index (χ0v) is 16.9. The second kappa shape index (κ2) is 8.19. The first-order valence-corrected chi connectivity index (χ1v) is 9.55. The molecule has 1 heteroatoms. The van der Waals surface area contributed by atoms with Gasteiger partial charge in [-0.25, -0.2) is 0 Å². The molecule has 0 saturated carbocycles. The normalized spacial score (nSPS) is 16.2. The van der Waals surface area contributed by atoms with E-state index in [1.807, 2.05) is 0 Å². The number of benzene rings is 2. The Morgan fingerprint density at radius 3 is 1.24 bits per heavy atom. The van der Waals surface area contributed by atoms with Crippen LogP contribution in [-0.4, -0.2) is 13.2 Å². The molecular weight excluding hydrogens is 304 g/mol. The lowest BCUT2D eigenvalue weighted by Gasteiger charge is -2.33. The largest absolute Gasteiger partial charge is 0.380 e. The maximum Gasteiger partial charge on any atom is 0.0560 e. The Bertz CT molecular complexity index is 596. The Morgan fingerprint density at radius 2 is 0.960 bits per heavy atom. The number of aryl methyl sites for hydroxylation is 2. The maximum absolute atomic E-state index is 6.32. The summed E-state index contributed by atoms with van der Waals surface area (Å²) in [7, 11) is 0. The smallest absolute Gasteiger partial charge is 0.0560 e. The minimum absolute atomic E-state index is 0.0651. The van der Waals surface area contributed by atoms with Crippen LogP contribution in [0.15, 0.2) is 48.5 Å². The molecule has 0 aromatic heterocycles. The second-order valence-electron chi connectivity index (χ2n) is 8.05. The van der Waals surface area contributed by atoms with Gasteiger partial charge in [-0.05, 0) is 37.8 Å². The molecule has 0 aliphatic heterocycles. The lowest BCUT2D eigenvalue weighted by molar-refractivity contribution is 0.0510. The van der Waals surface area contributed by atoms with E-state index in [1.54, 1.807) is 0 Å². The zero-order chi connectivity index (χ0) is 18.5. The Labute approximate surface area is 154 Å². The van der Waals surface area contributed by atoms with Crippen molar-refractivity contribution in [3.8, 4) is 0 Å². The molecule has 0 fully saturated rings. The lowest BCUT2D eigenvalue weighted by Crippen LogP contribution is -2.33. The van der Waals surface area contributed by atoms with E-state index in [2.05, 4.69) is 90.1 Å². The Balaban J connectivity index is 2.07. The van der Waals surface area contributed by atoms with Gasteiger partial charge in [-0.15, -0.1) is 0 Å². The Morgan fingerprint density at radius 1 is 0.640 bits per heavy atom. The average molecular weight is 339 g/mol. The van der Waals surface area contributed by atoms with Crippen LogP contribution in [0.25, 0.3) is 0 Å². The van der Waals surface area contributed by atoms with E-state index >= 15 is 0 Å². The molecule has 0 saturated heterocycles. The van der Waals surface area contributed by atoms with Gasteiger partial charge < -0.3 is 4.74 Å². The number of rotatable bonds is 8. The summed E-state index contributed by atoms with van der Waals surface area (Å²) in [5.41, 5.74) is 5.48. The van der Waals surface area contributed by atoms with E-state index in [9.17, 15) is 0 Å². The quantitative estimate of drug-likeness (QED) is 0.544. The van der Waals surface area contributed by atoms with Crippen LogP contribution in [0.4, 0.5) is 0 Å². The van der Waals surface area contributed by atoms with E-state index in [0.717, 1.165) is 26.1 Å². The van der Waals surface area contributed by atoms with Crippen LogP contribution in [0.1, 0.15) is 62.8 Å². The molecule has 0 spiro atoms. The van der Waals surface area contributed by atoms with E-state index in [-0.39, 0.29) is 10.8 Å². The summed E-state index contributed by atoms with van der Waals surface area (Å²) in [5.74, 6) is 0. The summed E-state index contributed by atoms with van der Waals surface area (Å²) in [6.07, 6.45) is 2.15. The van der Waals surface area contributed by atoms with Crippen LogP contribution in [-0.2, 0) is 15.6 Å². The molecular formula is C24H34O. The first-order chi connectivity index (χ1) is 11.8. The van der Waals surface area contributed by atoms with Gasteiger partial charge in [-0.2, -0.15) is 0 Å². The van der Waals surface area contributed by atoms with E-state index in [1.165, 1.54) is 22.3 Å². The van der Waals surface area contributed by atoms with E-state index in [0.29, 0.717) is 0 Å². The highest BCUT2D eigenvalue weighted by atomic mass is 16.5. The highest BCUT2D eigenvalue weighted by Crippen LogP contribution is 2.31. The summed E-state index contributed by atoms with van der Waals surface area (Å²) in [5, 5.41) is 0. The summed E-state index contributed by atoms with van der Waals surface area (Å²) in [6.45, 7) is 14.9. The summed E-state index contributed by atoms with van der Waals surface area (Å²) >= 11 is 0. The van der Waals surface area contributed by atoms with Crippen LogP contribution in [0.5, 0.6) is 0 Å². The molecule has 2 aromatic rings. The standard InChI is InChI=1S/C24H34O/c1-7-23(5,21-13-9-19(3)10-14-21)17-25-18-24(6,8-2)22-15-11-20(4)12-16-22/h9-16H,7-8,17-18H2,1-6H3. The second-order valence-corrected chi connectivity index (χ2v) is 8.05. The molecule has 0 bridgehead atoms. The fourth-order valence-electron chi connectivity index (χ4n) is 3.19. The minimum Gasteiger partial charge on any atom is -0.380 e. The third-order valence-corrected chi connectivity index (χ3v) is 5.90. The van der Waals surface area contributed by atoms with Crippen LogP contribution in [0.2, 0.25) is 0 Å². The summed E-state index contributed by atoms with van der Waals surface area (Å²) < 4.78 is 6.32. The van der Waals surface area contributed by atoms with Gasteiger partial charge in [0.2, 0.25) is 0 Å². The predicted octanol–water partition coefficient (Wildman–Crippen LogP) is 6.36. The van der Waals surface area contributed by atoms with Crippen molar-refractivity contribution in [3.05, 3.63) is 70.8 Å². The monoisotopic (exact) mass is 338 g/mol. The van der Waals surface area contributed by atoms with Crippen LogP contribution in [0, 0.1) is 13.8 Å². The molecule has 0 aliphatic carbocycles. The molecule has 1 nitrogen and oxygen atoms in total. The van der Waals surface area contributed by atoms with Gasteiger partial charge in [-0.3, -0.25) is 0 Å². The van der Waals surface area contributed by atoms with Gasteiger partial charge in [0, 0.05) is 10.8 Å². The van der Waals surface area contributed by atoms with E-state index < -0.39 is 0 Å². The van der Waals surface area contributed by atoms with Crippen molar-refractivity contribution in [1.82, 2.24) is 0 Å². The fourth-order valence-corrected chi connectivity index (χ4v) is 3.19. The van der Waals surface area contributed by atoms with Gasteiger partial charge in [-0.1, -0.05) is 87.4 Å². The highest BCUT2D eigenvalue weighted by molar-refractivity contribution is 5.29. The third kappa shape index (κ3) is 4.73. The minimum atomic E-state index is 0.0651. The zero-order valence-electron chi connectivity index (χ0n) is 16.9. The molecule has 25 heavy (non-hydrogen) atoms. The molecule has 2 atom stereocenters. The molecule has 0 radical (unpaired) electrons. The van der Waals surface area contributed by atoms with Crippen LogP contribution >= 0.6 is 0 Å². The van der Waals surface area contributed by atoms with Gasteiger partial charge >= 0.3 is 0 Å². The molecule has 0 N–H and O–H groups in total. The maximum atomic E-state index is 6.32. The predicted molar refractivity (Wildman–Crippen MR) is 108 cm³/mol. The summed E-state index contributed by atoms with van der Waals surface area (Å²) in [4.78, 5) is 0. The highest BCUT2D eigenvalue weighted by Gasteiger charge is 2.29. The van der Waals surface area contributed by atoms with Gasteiger partial charge in [0.15, 0.2) is 0 Å². The van der Waals surface area contributed by atoms with Gasteiger partial charge in [0.05, 0.1) is 13.2 Å². The first kappa shape index (κ1) is 19.7. The topological polar surface area (TPSA) is 9.23 Å². The van der Waals surface area contributed by atoms with Crippen molar-refractivity contribution in [3.63, 3.8) is 0 Å². The molecule has 0 heterocycles. The van der Waals surface area contributed by atoms with Gasteiger partial charge in [0.1, 0.15) is 0 Å². The third-order valence-electron chi connectivity index (χ3n) is 5.90. The average Bonchev–Trinajstić information content (AvgIpc) is 2.62. The number of hydrogen-bond donors (Lipinski definition) is 0. The van der Waals surface area contributed by atoms with Crippen molar-refractivity contribution in [2.45, 2.75) is 65.2 Å². The van der Waals surface area contributed by atoms with Crippen LogP contribution < -0.4 is 0 Å². The molecule has 2 rings (SSSR count). The van der Waals surface area contributed by atoms with E-state index in [4.69, 9.17) is 4.74 Å². The Hall–Kier alpha value is -1.60. The molecule has 0 aliphatic rings. The van der Waals surface area contributed by atoms with Gasteiger partial charge in [0.25, 0.3) is 0 Å². The first-order valence-electron chi connectivity index (χ1n) is 9.55. The number of ether oxygens (including phenoxy) is 1. The summed E-state index contributed by atoms with van der Waals surface area (Å²) in [6, 6.07) is 17.8. The van der Waals surface area contributed by atoms with Crippen molar-refractivity contribution in [1.29, 1.82) is 0 Å². The SMILES string of the molecule is CCC(C)(COCC(C)(CC)c1ccc(C)cc1)c1ccc(C)cc1. The molecule has 136 valence electrons.